The molecule has 4 nitrogen and oxygen atoms in total. The molecule has 23 heavy (non-hydrogen) atoms. The van der Waals surface area contributed by atoms with Crippen molar-refractivity contribution >= 4 is 27.3 Å². The zero-order valence-electron chi connectivity index (χ0n) is 12.7. The zero-order chi connectivity index (χ0) is 16.3. The van der Waals surface area contributed by atoms with Gasteiger partial charge in [0.15, 0.2) is 0 Å². The largest absolute Gasteiger partial charge is 0.371 e. The van der Waals surface area contributed by atoms with E-state index in [1.807, 2.05) is 6.07 Å². The highest BCUT2D eigenvalue weighted by Gasteiger charge is 2.18. The molecule has 122 valence electrons. The molecule has 0 aromatic heterocycles. The number of benzene rings is 2. The number of fused-ring (bicyclic) bond motifs is 1. The molecule has 2 aromatic carbocycles. The third-order valence-corrected chi connectivity index (χ3v) is 5.73. The number of para-hydroxylation sites is 1. The van der Waals surface area contributed by atoms with E-state index in [-0.39, 0.29) is 4.90 Å². The van der Waals surface area contributed by atoms with E-state index in [0.717, 1.165) is 25.9 Å². The summed E-state index contributed by atoms with van der Waals surface area (Å²) in [4.78, 5) is 2.56. The van der Waals surface area contributed by atoms with Crippen LogP contribution in [-0.2, 0) is 16.4 Å². The van der Waals surface area contributed by atoms with Crippen molar-refractivity contribution in [3.8, 4) is 0 Å². The molecular formula is C17H19ClN2O2S. The van der Waals surface area contributed by atoms with Crippen molar-refractivity contribution in [2.45, 2.75) is 17.7 Å². The number of anilines is 1. The van der Waals surface area contributed by atoms with Crippen LogP contribution >= 0.6 is 11.6 Å². The third kappa shape index (κ3) is 3.86. The maximum absolute atomic E-state index is 12.2. The number of halogens is 1. The summed E-state index contributed by atoms with van der Waals surface area (Å²) in [7, 11) is -3.46. The Bertz CT molecular complexity index is 775. The van der Waals surface area contributed by atoms with E-state index in [1.54, 1.807) is 12.1 Å². The van der Waals surface area contributed by atoms with Gasteiger partial charge in [-0.1, -0.05) is 29.8 Å². The SMILES string of the molecule is O=S(=O)(NCCCN1CCc2ccccc21)c1ccc(Cl)cc1. The van der Waals surface area contributed by atoms with Gasteiger partial charge in [0, 0.05) is 30.3 Å². The van der Waals surface area contributed by atoms with Gasteiger partial charge in [-0.25, -0.2) is 13.1 Å². The predicted molar refractivity (Wildman–Crippen MR) is 93.6 cm³/mol. The van der Waals surface area contributed by atoms with Crippen molar-refractivity contribution in [1.29, 1.82) is 0 Å². The Morgan fingerprint density at radius 1 is 1.09 bits per heavy atom. The molecule has 3 rings (SSSR count). The average molecular weight is 351 g/mol. The molecule has 0 unspecified atom stereocenters. The summed E-state index contributed by atoms with van der Waals surface area (Å²) >= 11 is 5.78. The number of sulfonamides is 1. The Hall–Kier alpha value is -1.56. The van der Waals surface area contributed by atoms with Crippen molar-refractivity contribution in [1.82, 2.24) is 4.72 Å². The fourth-order valence-electron chi connectivity index (χ4n) is 2.81. The minimum absolute atomic E-state index is 0.244. The molecule has 0 fully saturated rings. The van der Waals surface area contributed by atoms with Crippen LogP contribution in [0.5, 0.6) is 0 Å². The Labute approximate surface area is 142 Å². The van der Waals surface area contributed by atoms with Gasteiger partial charge in [0.05, 0.1) is 4.90 Å². The lowest BCUT2D eigenvalue weighted by Crippen LogP contribution is -2.29. The summed E-state index contributed by atoms with van der Waals surface area (Å²) in [6.07, 6.45) is 1.83. The van der Waals surface area contributed by atoms with Gasteiger partial charge in [0.25, 0.3) is 0 Å². The van der Waals surface area contributed by atoms with Crippen LogP contribution in [-0.4, -0.2) is 28.1 Å². The normalized spacial score (nSPS) is 14.0. The van der Waals surface area contributed by atoms with Gasteiger partial charge < -0.3 is 4.90 Å². The van der Waals surface area contributed by atoms with Gasteiger partial charge in [0.1, 0.15) is 0 Å². The maximum Gasteiger partial charge on any atom is 0.240 e. The molecule has 0 spiro atoms. The number of rotatable bonds is 6. The van der Waals surface area contributed by atoms with E-state index < -0.39 is 10.0 Å². The molecule has 0 saturated carbocycles. The second-order valence-corrected chi connectivity index (χ2v) is 7.77. The standard InChI is InChI=1S/C17H19ClN2O2S/c18-15-6-8-16(9-7-15)23(21,22)19-11-3-12-20-13-10-14-4-1-2-5-17(14)20/h1-2,4-9,19H,3,10-13H2. The fourth-order valence-corrected chi connectivity index (χ4v) is 4.01. The van der Waals surface area contributed by atoms with Gasteiger partial charge in [-0.2, -0.15) is 0 Å². The van der Waals surface area contributed by atoms with E-state index in [2.05, 4.69) is 27.8 Å². The Balaban J connectivity index is 1.51. The number of nitrogens with one attached hydrogen (secondary N) is 1. The van der Waals surface area contributed by atoms with Crippen molar-refractivity contribution in [2.75, 3.05) is 24.5 Å². The molecule has 1 heterocycles. The molecule has 0 atom stereocenters. The lowest BCUT2D eigenvalue weighted by atomic mass is 10.2. The maximum atomic E-state index is 12.2. The average Bonchev–Trinajstić information content (AvgIpc) is 2.95. The first kappa shape index (κ1) is 16.3. The molecule has 1 N–H and O–H groups in total. The molecule has 0 saturated heterocycles. The van der Waals surface area contributed by atoms with Gasteiger partial charge in [-0.05, 0) is 48.7 Å². The highest BCUT2D eigenvalue weighted by molar-refractivity contribution is 7.89. The van der Waals surface area contributed by atoms with Crippen molar-refractivity contribution in [3.05, 3.63) is 59.1 Å². The molecule has 2 aromatic rings. The molecular weight excluding hydrogens is 332 g/mol. The van der Waals surface area contributed by atoms with Crippen LogP contribution in [0.15, 0.2) is 53.4 Å². The third-order valence-electron chi connectivity index (χ3n) is 4.00. The monoisotopic (exact) mass is 350 g/mol. The van der Waals surface area contributed by atoms with Crippen LogP contribution in [0.4, 0.5) is 5.69 Å². The summed E-state index contributed by atoms with van der Waals surface area (Å²) in [6, 6.07) is 14.6. The molecule has 0 radical (unpaired) electrons. The first-order valence-electron chi connectivity index (χ1n) is 7.64. The molecule has 1 aliphatic heterocycles. The Kier molecular flexibility index (Phi) is 4.90. The zero-order valence-corrected chi connectivity index (χ0v) is 14.3. The molecule has 0 amide bonds. The lowest BCUT2D eigenvalue weighted by Gasteiger charge is -2.19. The quantitative estimate of drug-likeness (QED) is 0.814. The second kappa shape index (κ2) is 6.91. The summed E-state index contributed by atoms with van der Waals surface area (Å²) in [6.45, 7) is 2.27. The molecule has 1 aliphatic rings. The van der Waals surface area contributed by atoms with E-state index in [9.17, 15) is 8.42 Å². The number of hydrogen-bond donors (Lipinski definition) is 1. The van der Waals surface area contributed by atoms with Crippen LogP contribution < -0.4 is 9.62 Å². The Morgan fingerprint density at radius 2 is 1.83 bits per heavy atom. The van der Waals surface area contributed by atoms with Crippen LogP contribution in [0.25, 0.3) is 0 Å². The number of nitrogens with zero attached hydrogens (tertiary/aromatic N) is 1. The van der Waals surface area contributed by atoms with Crippen LogP contribution in [0.2, 0.25) is 5.02 Å². The van der Waals surface area contributed by atoms with Crippen molar-refractivity contribution in [2.24, 2.45) is 0 Å². The molecule has 0 bridgehead atoms. The molecule has 6 heteroatoms. The fraction of sp³-hybridized carbons (Fsp3) is 0.294. The van der Waals surface area contributed by atoms with Gasteiger partial charge in [0.2, 0.25) is 10.0 Å². The van der Waals surface area contributed by atoms with Crippen molar-refractivity contribution < 1.29 is 8.42 Å². The van der Waals surface area contributed by atoms with Gasteiger partial charge >= 0.3 is 0 Å². The highest BCUT2D eigenvalue weighted by atomic mass is 35.5. The van der Waals surface area contributed by atoms with Gasteiger partial charge in [-0.15, -0.1) is 0 Å². The summed E-state index contributed by atoms with van der Waals surface area (Å²) < 4.78 is 27.0. The number of hydrogen-bond acceptors (Lipinski definition) is 3. The van der Waals surface area contributed by atoms with E-state index in [1.165, 1.54) is 23.4 Å². The highest BCUT2D eigenvalue weighted by Crippen LogP contribution is 2.27. The minimum atomic E-state index is -3.46. The van der Waals surface area contributed by atoms with Crippen LogP contribution in [0, 0.1) is 0 Å². The topological polar surface area (TPSA) is 49.4 Å². The second-order valence-electron chi connectivity index (χ2n) is 5.57. The minimum Gasteiger partial charge on any atom is -0.371 e. The summed E-state index contributed by atoms with van der Waals surface area (Å²) in [5.41, 5.74) is 2.64. The summed E-state index contributed by atoms with van der Waals surface area (Å²) in [5, 5.41) is 0.525. The van der Waals surface area contributed by atoms with E-state index in [0.29, 0.717) is 11.6 Å². The summed E-state index contributed by atoms with van der Waals surface area (Å²) in [5.74, 6) is 0. The van der Waals surface area contributed by atoms with E-state index in [4.69, 9.17) is 11.6 Å². The van der Waals surface area contributed by atoms with E-state index >= 15 is 0 Å². The van der Waals surface area contributed by atoms with Crippen molar-refractivity contribution in [3.63, 3.8) is 0 Å². The first-order valence-corrected chi connectivity index (χ1v) is 9.50. The predicted octanol–water partition coefficient (Wildman–Crippen LogP) is 3.07. The first-order chi connectivity index (χ1) is 11.1. The lowest BCUT2D eigenvalue weighted by molar-refractivity contribution is 0.578. The Morgan fingerprint density at radius 3 is 2.61 bits per heavy atom. The molecule has 0 aliphatic carbocycles. The smallest absolute Gasteiger partial charge is 0.240 e. The van der Waals surface area contributed by atoms with Crippen LogP contribution in [0.3, 0.4) is 0 Å². The van der Waals surface area contributed by atoms with Crippen LogP contribution in [0.1, 0.15) is 12.0 Å². The van der Waals surface area contributed by atoms with Gasteiger partial charge in [-0.3, -0.25) is 0 Å².